The molecule has 2 aromatic heterocycles. The number of nitrogens with zero attached hydrogens (tertiary/aromatic N) is 4. The molecule has 8 nitrogen and oxygen atoms in total. The molecule has 2 amide bonds. The van der Waals surface area contributed by atoms with Crippen molar-refractivity contribution in [2.75, 3.05) is 19.6 Å². The maximum atomic E-state index is 13.5. The van der Waals surface area contributed by atoms with Gasteiger partial charge in [0.05, 0.1) is 6.54 Å². The minimum atomic E-state index is 0.155. The molecule has 196 valence electrons. The number of carbonyl (C=O) groups is 2. The third-order valence-electron chi connectivity index (χ3n) is 8.48. The highest BCUT2D eigenvalue weighted by molar-refractivity contribution is 5.77. The van der Waals surface area contributed by atoms with E-state index in [0.717, 1.165) is 57.3 Å². The van der Waals surface area contributed by atoms with E-state index >= 15 is 0 Å². The van der Waals surface area contributed by atoms with E-state index in [0.29, 0.717) is 60.5 Å². The molecular weight excluding hydrogens is 454 g/mol. The van der Waals surface area contributed by atoms with Crippen LogP contribution < -0.4 is 5.32 Å². The molecule has 0 saturated carbocycles. The molecule has 0 spiro atoms. The van der Waals surface area contributed by atoms with Gasteiger partial charge in [0.25, 0.3) is 0 Å². The van der Waals surface area contributed by atoms with Crippen LogP contribution >= 0.6 is 0 Å². The summed E-state index contributed by atoms with van der Waals surface area (Å²) in [5, 5.41) is 3.28. The van der Waals surface area contributed by atoms with Gasteiger partial charge in [-0.25, -0.2) is 4.98 Å². The summed E-state index contributed by atoms with van der Waals surface area (Å²) in [6.45, 7) is 9.89. The molecule has 3 aliphatic rings. The number of hydrogen-bond acceptors (Lipinski definition) is 6. The summed E-state index contributed by atoms with van der Waals surface area (Å²) < 4.78 is 5.95. The SMILES string of the molecule is CC(C)[C@@H]1CC[C@@H](C)CC(=O)N2C[C@H]3C[C@H](CN(Cc4nc5ncccc5o4)C3)[C@@H]2CCCC(=O)N1. The largest absolute Gasteiger partial charge is 0.438 e. The second kappa shape index (κ2) is 10.9. The van der Waals surface area contributed by atoms with Gasteiger partial charge in [-0.1, -0.05) is 20.8 Å². The van der Waals surface area contributed by atoms with Crippen LogP contribution in [0.25, 0.3) is 11.2 Å². The Morgan fingerprint density at radius 2 is 2.03 bits per heavy atom. The first kappa shape index (κ1) is 25.2. The number of hydrogen-bond donors (Lipinski definition) is 1. The highest BCUT2D eigenvalue weighted by Gasteiger charge is 2.42. The molecular formula is C28H41N5O3. The number of amides is 2. The van der Waals surface area contributed by atoms with Crippen molar-refractivity contribution in [1.82, 2.24) is 25.1 Å². The van der Waals surface area contributed by atoms with Gasteiger partial charge in [-0.2, -0.15) is 4.98 Å². The molecule has 2 aromatic rings. The summed E-state index contributed by atoms with van der Waals surface area (Å²) in [6, 6.07) is 4.15. The minimum absolute atomic E-state index is 0.155. The van der Waals surface area contributed by atoms with Crippen molar-refractivity contribution in [3.05, 3.63) is 24.2 Å². The van der Waals surface area contributed by atoms with Crippen LogP contribution in [-0.2, 0) is 16.1 Å². The van der Waals surface area contributed by atoms with Crippen LogP contribution in [0.1, 0.15) is 71.6 Å². The molecule has 1 N–H and O–H groups in total. The lowest BCUT2D eigenvalue weighted by molar-refractivity contribution is -0.142. The van der Waals surface area contributed by atoms with Gasteiger partial charge in [0, 0.05) is 50.8 Å². The first-order valence-electron chi connectivity index (χ1n) is 13.9. The zero-order valence-corrected chi connectivity index (χ0v) is 22.0. The number of fused-ring (bicyclic) bond motifs is 5. The van der Waals surface area contributed by atoms with Gasteiger partial charge in [0.15, 0.2) is 11.2 Å². The van der Waals surface area contributed by atoms with Crippen molar-refractivity contribution in [3.8, 4) is 0 Å². The van der Waals surface area contributed by atoms with E-state index in [1.54, 1.807) is 6.20 Å². The standard InChI is InChI=1S/C28H41N5O3/c1-18(2)22-10-9-19(3)12-27(35)33-15-20-13-21(23(33)6-4-8-25(34)30-22)16-32(14-20)17-26-31-28-24(36-26)7-5-11-29-28/h5,7,11,18-23H,4,6,8-10,12-17H2,1-3H3,(H,30,34)/t19-,20+,21-,22+,23+/m1/s1. The van der Waals surface area contributed by atoms with Crippen LogP contribution in [0, 0.1) is 23.7 Å². The maximum Gasteiger partial charge on any atom is 0.223 e. The van der Waals surface area contributed by atoms with Gasteiger partial charge in [-0.15, -0.1) is 0 Å². The third kappa shape index (κ3) is 5.74. The Labute approximate surface area is 214 Å². The lowest BCUT2D eigenvalue weighted by Gasteiger charge is -2.51. The molecule has 3 fully saturated rings. The Bertz CT molecular complexity index is 1040. The van der Waals surface area contributed by atoms with Crippen molar-refractivity contribution < 1.29 is 14.0 Å². The van der Waals surface area contributed by atoms with Gasteiger partial charge >= 0.3 is 0 Å². The fourth-order valence-corrected chi connectivity index (χ4v) is 6.61. The maximum absolute atomic E-state index is 13.5. The van der Waals surface area contributed by atoms with Gasteiger partial charge in [-0.05, 0) is 67.9 Å². The Morgan fingerprint density at radius 1 is 1.17 bits per heavy atom. The quantitative estimate of drug-likeness (QED) is 0.692. The highest BCUT2D eigenvalue weighted by Crippen LogP contribution is 2.37. The molecule has 5 heterocycles. The van der Waals surface area contributed by atoms with Crippen molar-refractivity contribution in [2.24, 2.45) is 23.7 Å². The topological polar surface area (TPSA) is 91.6 Å². The number of carbonyl (C=O) groups excluding carboxylic acids is 2. The predicted molar refractivity (Wildman–Crippen MR) is 138 cm³/mol. The van der Waals surface area contributed by atoms with Crippen molar-refractivity contribution in [3.63, 3.8) is 0 Å². The van der Waals surface area contributed by atoms with E-state index in [2.05, 4.69) is 45.9 Å². The van der Waals surface area contributed by atoms with E-state index in [1.165, 1.54) is 0 Å². The summed E-state index contributed by atoms with van der Waals surface area (Å²) in [4.78, 5) is 39.8. The molecule has 2 bridgehead atoms. The molecule has 3 saturated heterocycles. The van der Waals surface area contributed by atoms with Crippen molar-refractivity contribution in [2.45, 2.75) is 84.3 Å². The van der Waals surface area contributed by atoms with E-state index in [-0.39, 0.29) is 18.0 Å². The number of pyridine rings is 1. The summed E-state index contributed by atoms with van der Waals surface area (Å²) in [5.41, 5.74) is 1.38. The van der Waals surface area contributed by atoms with Crippen molar-refractivity contribution >= 4 is 23.0 Å². The monoisotopic (exact) mass is 495 g/mol. The van der Waals surface area contributed by atoms with Gasteiger partial charge < -0.3 is 14.6 Å². The van der Waals surface area contributed by atoms with E-state index in [9.17, 15) is 9.59 Å². The van der Waals surface area contributed by atoms with Gasteiger partial charge in [-0.3, -0.25) is 14.5 Å². The predicted octanol–water partition coefficient (Wildman–Crippen LogP) is 4.00. The minimum Gasteiger partial charge on any atom is -0.438 e. The van der Waals surface area contributed by atoms with Crippen LogP contribution in [0.15, 0.2) is 22.7 Å². The molecule has 0 aliphatic carbocycles. The summed E-state index contributed by atoms with van der Waals surface area (Å²) in [5.74, 6) is 2.76. The van der Waals surface area contributed by atoms with Crippen LogP contribution in [0.2, 0.25) is 0 Å². The van der Waals surface area contributed by atoms with Gasteiger partial charge in [0.1, 0.15) is 0 Å². The lowest BCUT2D eigenvalue weighted by Crippen LogP contribution is -2.59. The Morgan fingerprint density at radius 3 is 2.83 bits per heavy atom. The number of rotatable bonds is 3. The van der Waals surface area contributed by atoms with E-state index in [1.807, 2.05) is 12.1 Å². The Hall–Kier alpha value is -2.48. The lowest BCUT2D eigenvalue weighted by atomic mass is 9.77. The zero-order valence-electron chi connectivity index (χ0n) is 22.0. The van der Waals surface area contributed by atoms with E-state index in [4.69, 9.17) is 4.42 Å². The molecule has 36 heavy (non-hydrogen) atoms. The number of oxazole rings is 1. The average Bonchev–Trinajstić information content (AvgIpc) is 3.24. The highest BCUT2D eigenvalue weighted by atomic mass is 16.3. The third-order valence-corrected chi connectivity index (χ3v) is 8.48. The van der Waals surface area contributed by atoms with Crippen LogP contribution in [-0.4, -0.2) is 63.3 Å². The fourth-order valence-electron chi connectivity index (χ4n) is 6.61. The first-order valence-corrected chi connectivity index (χ1v) is 13.9. The molecule has 8 heteroatoms. The molecule has 5 rings (SSSR count). The molecule has 0 radical (unpaired) electrons. The summed E-state index contributed by atoms with van der Waals surface area (Å²) in [7, 11) is 0. The van der Waals surface area contributed by atoms with Crippen LogP contribution in [0.5, 0.6) is 0 Å². The Balaban J connectivity index is 1.29. The molecule has 0 aromatic carbocycles. The molecule has 0 unspecified atom stereocenters. The number of likely N-dealkylation sites (tertiary alicyclic amines) is 1. The normalized spacial score (nSPS) is 30.9. The molecule has 5 atom stereocenters. The van der Waals surface area contributed by atoms with E-state index < -0.39 is 0 Å². The van der Waals surface area contributed by atoms with Gasteiger partial charge in [0.2, 0.25) is 17.7 Å². The smallest absolute Gasteiger partial charge is 0.223 e. The summed E-state index contributed by atoms with van der Waals surface area (Å²) >= 11 is 0. The van der Waals surface area contributed by atoms with Crippen LogP contribution in [0.3, 0.4) is 0 Å². The van der Waals surface area contributed by atoms with Crippen molar-refractivity contribution in [1.29, 1.82) is 0 Å². The molecule has 3 aliphatic heterocycles. The van der Waals surface area contributed by atoms with Crippen LogP contribution in [0.4, 0.5) is 0 Å². The first-order chi connectivity index (χ1) is 17.4. The second-order valence-corrected chi connectivity index (χ2v) is 11.8. The number of piperidine rings is 2. The average molecular weight is 496 g/mol. The number of aromatic nitrogens is 2. The Kier molecular flexibility index (Phi) is 7.60. The fraction of sp³-hybridized carbons (Fsp3) is 0.714. The summed E-state index contributed by atoms with van der Waals surface area (Å²) in [6.07, 6.45) is 7.64. The second-order valence-electron chi connectivity index (χ2n) is 11.8. The zero-order chi connectivity index (χ0) is 25.2. The number of nitrogens with one attached hydrogen (secondary N) is 1.